The zero-order chi connectivity index (χ0) is 13.9. The minimum absolute atomic E-state index is 0.106. The van der Waals surface area contributed by atoms with E-state index < -0.39 is 0 Å². The summed E-state index contributed by atoms with van der Waals surface area (Å²) in [7, 11) is 0. The first kappa shape index (κ1) is 13.2. The molecule has 1 aromatic heterocycles. The fourth-order valence-corrected chi connectivity index (χ4v) is 2.25. The van der Waals surface area contributed by atoms with E-state index in [0.717, 1.165) is 23.7 Å². The molecular weight excluding hydrogens is 274 g/mol. The number of hydrogen-bond donors (Lipinski definition) is 1. The highest BCUT2D eigenvalue weighted by Crippen LogP contribution is 2.28. The number of aromatic nitrogens is 2. The molecule has 5 heteroatoms. The summed E-state index contributed by atoms with van der Waals surface area (Å²) < 4.78 is 1.44. The van der Waals surface area contributed by atoms with Crippen LogP contribution in [0.4, 0.5) is 5.69 Å². The number of anilines is 1. The summed E-state index contributed by atoms with van der Waals surface area (Å²) >= 11 is 5.94. The van der Waals surface area contributed by atoms with Crippen molar-refractivity contribution in [3.63, 3.8) is 0 Å². The van der Waals surface area contributed by atoms with Gasteiger partial charge in [-0.25, -0.2) is 4.68 Å². The summed E-state index contributed by atoms with van der Waals surface area (Å²) in [5.41, 5.74) is 1.65. The Bertz CT molecular complexity index is 664. The first-order valence-electron chi connectivity index (χ1n) is 6.76. The molecular formula is C15H16ClN3O. The lowest BCUT2D eigenvalue weighted by Gasteiger charge is -2.08. The summed E-state index contributed by atoms with van der Waals surface area (Å²) in [5, 5.41) is 8.12. The fourth-order valence-electron chi connectivity index (χ4n) is 2.04. The number of benzene rings is 1. The van der Waals surface area contributed by atoms with E-state index in [1.54, 1.807) is 12.3 Å². The van der Waals surface area contributed by atoms with Gasteiger partial charge in [-0.2, -0.15) is 5.10 Å². The molecule has 20 heavy (non-hydrogen) atoms. The maximum atomic E-state index is 12.0. The summed E-state index contributed by atoms with van der Waals surface area (Å²) in [6.45, 7) is 1.36. The van der Waals surface area contributed by atoms with Crippen LogP contribution in [0.2, 0.25) is 5.02 Å². The number of hydrogen-bond acceptors (Lipinski definition) is 3. The Balaban J connectivity index is 1.71. The maximum Gasteiger partial charge on any atom is 0.269 e. The van der Waals surface area contributed by atoms with Gasteiger partial charge in [0.05, 0.1) is 18.4 Å². The van der Waals surface area contributed by atoms with Gasteiger partial charge in [0.15, 0.2) is 0 Å². The average molecular weight is 290 g/mol. The van der Waals surface area contributed by atoms with Crippen LogP contribution < -0.4 is 10.9 Å². The first-order chi connectivity index (χ1) is 9.70. The molecule has 2 aromatic rings. The van der Waals surface area contributed by atoms with E-state index in [9.17, 15) is 4.79 Å². The van der Waals surface area contributed by atoms with Crippen molar-refractivity contribution in [3.8, 4) is 0 Å². The van der Waals surface area contributed by atoms with Crippen molar-refractivity contribution < 1.29 is 0 Å². The molecule has 0 amide bonds. The molecule has 0 atom stereocenters. The molecule has 1 aliphatic rings. The van der Waals surface area contributed by atoms with Crippen LogP contribution in [0, 0.1) is 5.92 Å². The Labute approximate surface area is 122 Å². The standard InChI is InChI=1S/C15H16ClN3O/c16-13-3-1-2-12(6-13)10-19-15(20)7-14(9-18-19)17-8-11-4-5-11/h1-3,6-7,9,11,17H,4-5,8,10H2. The highest BCUT2D eigenvalue weighted by atomic mass is 35.5. The van der Waals surface area contributed by atoms with E-state index in [2.05, 4.69) is 10.4 Å². The van der Waals surface area contributed by atoms with Gasteiger partial charge in [-0.05, 0) is 36.5 Å². The van der Waals surface area contributed by atoms with Crippen LogP contribution in [-0.4, -0.2) is 16.3 Å². The smallest absolute Gasteiger partial charge is 0.269 e. The van der Waals surface area contributed by atoms with Gasteiger partial charge in [0.2, 0.25) is 0 Å². The van der Waals surface area contributed by atoms with E-state index in [-0.39, 0.29) is 5.56 Å². The molecule has 4 nitrogen and oxygen atoms in total. The summed E-state index contributed by atoms with van der Waals surface area (Å²) in [6, 6.07) is 9.05. The molecule has 1 N–H and O–H groups in total. The number of rotatable bonds is 5. The normalized spacial score (nSPS) is 14.2. The van der Waals surface area contributed by atoms with E-state index in [0.29, 0.717) is 11.6 Å². The maximum absolute atomic E-state index is 12.0. The Morgan fingerprint density at radius 3 is 2.90 bits per heavy atom. The van der Waals surface area contributed by atoms with E-state index >= 15 is 0 Å². The molecule has 1 saturated carbocycles. The topological polar surface area (TPSA) is 46.9 Å². The van der Waals surface area contributed by atoms with Crippen molar-refractivity contribution >= 4 is 17.3 Å². The van der Waals surface area contributed by atoms with Crippen LogP contribution in [0.5, 0.6) is 0 Å². The largest absolute Gasteiger partial charge is 0.383 e. The van der Waals surface area contributed by atoms with Gasteiger partial charge < -0.3 is 5.32 Å². The second-order valence-electron chi connectivity index (χ2n) is 5.19. The van der Waals surface area contributed by atoms with Crippen LogP contribution >= 0.6 is 11.6 Å². The van der Waals surface area contributed by atoms with Gasteiger partial charge >= 0.3 is 0 Å². The van der Waals surface area contributed by atoms with Crippen molar-refractivity contribution in [2.75, 3.05) is 11.9 Å². The Morgan fingerprint density at radius 2 is 2.20 bits per heavy atom. The molecule has 1 aliphatic carbocycles. The van der Waals surface area contributed by atoms with Gasteiger partial charge in [-0.3, -0.25) is 4.79 Å². The van der Waals surface area contributed by atoms with Crippen molar-refractivity contribution in [2.24, 2.45) is 5.92 Å². The lowest BCUT2D eigenvalue weighted by molar-refractivity contribution is 0.639. The van der Waals surface area contributed by atoms with Gasteiger partial charge in [-0.1, -0.05) is 23.7 Å². The molecule has 104 valence electrons. The van der Waals surface area contributed by atoms with Crippen LogP contribution in [0.3, 0.4) is 0 Å². The predicted molar refractivity (Wildman–Crippen MR) is 80.3 cm³/mol. The zero-order valence-electron chi connectivity index (χ0n) is 11.1. The van der Waals surface area contributed by atoms with Crippen molar-refractivity contribution in [3.05, 3.63) is 57.5 Å². The summed E-state index contributed by atoms with van der Waals surface area (Å²) in [5.74, 6) is 0.767. The molecule has 1 fully saturated rings. The van der Waals surface area contributed by atoms with Gasteiger partial charge in [0.1, 0.15) is 0 Å². The van der Waals surface area contributed by atoms with Gasteiger partial charge in [0, 0.05) is 17.6 Å². The highest BCUT2D eigenvalue weighted by Gasteiger charge is 2.20. The van der Waals surface area contributed by atoms with E-state index in [1.165, 1.54) is 17.5 Å². The molecule has 0 bridgehead atoms. The predicted octanol–water partition coefficient (Wildman–Crippen LogP) is 2.77. The molecule has 3 rings (SSSR count). The van der Waals surface area contributed by atoms with E-state index in [4.69, 9.17) is 11.6 Å². The number of nitrogens with one attached hydrogen (secondary N) is 1. The van der Waals surface area contributed by atoms with Crippen molar-refractivity contribution in [1.29, 1.82) is 0 Å². The molecule has 0 spiro atoms. The second kappa shape index (κ2) is 5.67. The second-order valence-corrected chi connectivity index (χ2v) is 5.63. The number of nitrogens with zero attached hydrogens (tertiary/aromatic N) is 2. The number of halogens is 1. The average Bonchev–Trinajstić information content (AvgIpc) is 3.23. The summed E-state index contributed by atoms with van der Waals surface area (Å²) in [4.78, 5) is 12.0. The third-order valence-electron chi connectivity index (χ3n) is 3.38. The monoisotopic (exact) mass is 289 g/mol. The Kier molecular flexibility index (Phi) is 3.74. The Morgan fingerprint density at radius 1 is 1.35 bits per heavy atom. The third kappa shape index (κ3) is 3.39. The fraction of sp³-hybridized carbons (Fsp3) is 0.333. The molecule has 0 saturated heterocycles. The van der Waals surface area contributed by atoms with Crippen LogP contribution in [-0.2, 0) is 6.54 Å². The SMILES string of the molecule is O=c1cc(NCC2CC2)cnn1Cc1cccc(Cl)c1. The molecule has 0 aliphatic heterocycles. The lowest BCUT2D eigenvalue weighted by atomic mass is 10.2. The van der Waals surface area contributed by atoms with E-state index in [1.807, 2.05) is 24.3 Å². The zero-order valence-corrected chi connectivity index (χ0v) is 11.8. The van der Waals surface area contributed by atoms with Crippen LogP contribution in [0.25, 0.3) is 0 Å². The van der Waals surface area contributed by atoms with Crippen LogP contribution in [0.15, 0.2) is 41.3 Å². The van der Waals surface area contributed by atoms with Crippen LogP contribution in [0.1, 0.15) is 18.4 Å². The Hall–Kier alpha value is -1.81. The van der Waals surface area contributed by atoms with Gasteiger partial charge in [-0.15, -0.1) is 0 Å². The van der Waals surface area contributed by atoms with Crippen molar-refractivity contribution in [1.82, 2.24) is 9.78 Å². The first-order valence-corrected chi connectivity index (χ1v) is 7.14. The molecule has 1 heterocycles. The molecule has 1 aromatic carbocycles. The molecule has 0 radical (unpaired) electrons. The third-order valence-corrected chi connectivity index (χ3v) is 3.62. The lowest BCUT2D eigenvalue weighted by Crippen LogP contribution is -2.23. The minimum atomic E-state index is -0.106. The highest BCUT2D eigenvalue weighted by molar-refractivity contribution is 6.30. The van der Waals surface area contributed by atoms with Crippen molar-refractivity contribution in [2.45, 2.75) is 19.4 Å². The minimum Gasteiger partial charge on any atom is -0.383 e. The summed E-state index contributed by atoms with van der Waals surface area (Å²) in [6.07, 6.45) is 4.27. The quantitative estimate of drug-likeness (QED) is 0.921. The molecule has 0 unspecified atom stereocenters. The van der Waals surface area contributed by atoms with Gasteiger partial charge in [0.25, 0.3) is 5.56 Å².